The molecule has 0 fully saturated rings. The Hall–Kier alpha value is -0.630. The monoisotopic (exact) mass is 406 g/mol. The molecule has 17 heavy (non-hydrogen) atoms. The molecule has 0 saturated heterocycles. The van der Waals surface area contributed by atoms with Crippen molar-refractivity contribution in [3.8, 4) is 0 Å². The number of halogens is 2. The van der Waals surface area contributed by atoms with Gasteiger partial charge in [-0.05, 0) is 47.7 Å². The van der Waals surface area contributed by atoms with Crippen LogP contribution in [0.2, 0.25) is 0 Å². The summed E-state index contributed by atoms with van der Waals surface area (Å²) in [4.78, 5) is 0. The van der Waals surface area contributed by atoms with Gasteiger partial charge in [0, 0.05) is 20.8 Å². The smallest absolute Gasteiger partial charge is 0.152 e. The average molecular weight is 407 g/mol. The highest BCUT2D eigenvalue weighted by Crippen LogP contribution is 2.23. The molecule has 2 aromatic rings. The van der Waals surface area contributed by atoms with Crippen LogP contribution in [0, 0.1) is 10.5 Å². The third-order valence-corrected chi connectivity index (χ3v) is 3.98. The maximum Gasteiger partial charge on any atom is 0.152 e. The van der Waals surface area contributed by atoms with Crippen LogP contribution in [0.4, 0.5) is 5.69 Å². The summed E-state index contributed by atoms with van der Waals surface area (Å²) in [6, 6.07) is 6.15. The number of nitrogens with one attached hydrogen (secondary N) is 1. The fraction of sp³-hybridized carbons (Fsp3) is 0.273. The standard InChI is InChI=1S/C11H12BrIN4/c1-7-15-16-11(17(7)2)6-14-10-5-8(12)3-4-9(10)13/h3-5,14H,6H2,1-2H3. The van der Waals surface area contributed by atoms with Gasteiger partial charge in [-0.15, -0.1) is 10.2 Å². The van der Waals surface area contributed by atoms with E-state index in [9.17, 15) is 0 Å². The van der Waals surface area contributed by atoms with Gasteiger partial charge in [-0.1, -0.05) is 15.9 Å². The fourth-order valence-corrected chi connectivity index (χ4v) is 2.30. The summed E-state index contributed by atoms with van der Waals surface area (Å²) in [6.45, 7) is 2.61. The van der Waals surface area contributed by atoms with Crippen LogP contribution >= 0.6 is 38.5 Å². The summed E-state index contributed by atoms with van der Waals surface area (Å²) in [7, 11) is 1.97. The third-order valence-electron chi connectivity index (χ3n) is 2.55. The molecule has 0 radical (unpaired) electrons. The van der Waals surface area contributed by atoms with E-state index in [1.807, 2.05) is 24.6 Å². The number of hydrogen-bond donors (Lipinski definition) is 1. The van der Waals surface area contributed by atoms with Crippen LogP contribution < -0.4 is 5.32 Å². The molecule has 1 aromatic heterocycles. The van der Waals surface area contributed by atoms with E-state index in [0.717, 1.165) is 21.8 Å². The Labute approximate surface area is 122 Å². The zero-order valence-electron chi connectivity index (χ0n) is 9.54. The lowest BCUT2D eigenvalue weighted by molar-refractivity contribution is 0.789. The molecule has 0 unspecified atom stereocenters. The van der Waals surface area contributed by atoms with Gasteiger partial charge < -0.3 is 9.88 Å². The number of hydrogen-bond acceptors (Lipinski definition) is 3. The predicted octanol–water partition coefficient (Wildman–Crippen LogP) is 3.10. The van der Waals surface area contributed by atoms with Crippen molar-refractivity contribution in [1.82, 2.24) is 14.8 Å². The van der Waals surface area contributed by atoms with E-state index in [4.69, 9.17) is 0 Å². The van der Waals surface area contributed by atoms with Crippen molar-refractivity contribution in [2.75, 3.05) is 5.32 Å². The molecule has 0 amide bonds. The largest absolute Gasteiger partial charge is 0.377 e. The van der Waals surface area contributed by atoms with E-state index in [1.54, 1.807) is 0 Å². The van der Waals surface area contributed by atoms with Gasteiger partial charge in [-0.2, -0.15) is 0 Å². The Morgan fingerprint density at radius 2 is 2.18 bits per heavy atom. The Bertz CT molecular complexity index is 538. The quantitative estimate of drug-likeness (QED) is 0.796. The van der Waals surface area contributed by atoms with E-state index in [2.05, 4.69) is 66.2 Å². The number of rotatable bonds is 3. The van der Waals surface area contributed by atoms with Crippen LogP contribution in [-0.2, 0) is 13.6 Å². The number of aromatic nitrogens is 3. The first-order chi connectivity index (χ1) is 8.08. The highest BCUT2D eigenvalue weighted by Gasteiger charge is 2.06. The fourth-order valence-electron chi connectivity index (χ4n) is 1.41. The van der Waals surface area contributed by atoms with Crippen molar-refractivity contribution in [2.24, 2.45) is 7.05 Å². The molecule has 1 N–H and O–H groups in total. The topological polar surface area (TPSA) is 42.7 Å². The highest BCUT2D eigenvalue weighted by atomic mass is 127. The first-order valence-corrected chi connectivity index (χ1v) is 6.99. The van der Waals surface area contributed by atoms with E-state index in [-0.39, 0.29) is 0 Å². The van der Waals surface area contributed by atoms with Gasteiger partial charge >= 0.3 is 0 Å². The maximum atomic E-state index is 4.12. The summed E-state index contributed by atoms with van der Waals surface area (Å²) in [5.41, 5.74) is 1.10. The Morgan fingerprint density at radius 3 is 2.82 bits per heavy atom. The second kappa shape index (κ2) is 5.34. The molecule has 0 bridgehead atoms. The zero-order valence-corrected chi connectivity index (χ0v) is 13.3. The molecule has 2 rings (SSSR count). The van der Waals surface area contributed by atoms with Crippen molar-refractivity contribution in [1.29, 1.82) is 0 Å². The minimum atomic E-state index is 0.670. The van der Waals surface area contributed by atoms with Crippen molar-refractivity contribution in [2.45, 2.75) is 13.5 Å². The Kier molecular flexibility index (Phi) is 4.03. The van der Waals surface area contributed by atoms with Crippen LogP contribution in [0.1, 0.15) is 11.6 Å². The van der Waals surface area contributed by atoms with Gasteiger partial charge in [0.25, 0.3) is 0 Å². The highest BCUT2D eigenvalue weighted by molar-refractivity contribution is 14.1. The van der Waals surface area contributed by atoms with Crippen LogP contribution in [0.3, 0.4) is 0 Å². The first-order valence-electron chi connectivity index (χ1n) is 5.11. The van der Waals surface area contributed by atoms with Gasteiger partial charge in [0.2, 0.25) is 0 Å². The zero-order chi connectivity index (χ0) is 12.4. The number of anilines is 1. The molecule has 6 heteroatoms. The van der Waals surface area contributed by atoms with Gasteiger partial charge in [-0.3, -0.25) is 0 Å². The molecule has 1 heterocycles. The maximum absolute atomic E-state index is 4.12. The molecule has 0 saturated carbocycles. The van der Waals surface area contributed by atoms with Crippen molar-refractivity contribution in [3.05, 3.63) is 37.9 Å². The summed E-state index contributed by atoms with van der Waals surface area (Å²) in [5, 5.41) is 11.5. The lowest BCUT2D eigenvalue weighted by Gasteiger charge is -2.08. The van der Waals surface area contributed by atoms with Gasteiger partial charge in [0.05, 0.1) is 6.54 Å². The van der Waals surface area contributed by atoms with E-state index in [1.165, 1.54) is 3.57 Å². The Balaban J connectivity index is 2.12. The van der Waals surface area contributed by atoms with Crippen molar-refractivity contribution >= 4 is 44.2 Å². The van der Waals surface area contributed by atoms with E-state index >= 15 is 0 Å². The molecular formula is C11H12BrIN4. The normalized spacial score (nSPS) is 10.6. The number of nitrogens with zero attached hydrogens (tertiary/aromatic N) is 3. The van der Waals surface area contributed by atoms with Crippen LogP contribution in [-0.4, -0.2) is 14.8 Å². The van der Waals surface area contributed by atoms with Gasteiger partial charge in [0.15, 0.2) is 5.82 Å². The minimum Gasteiger partial charge on any atom is -0.377 e. The van der Waals surface area contributed by atoms with Crippen LogP contribution in [0.15, 0.2) is 22.7 Å². The molecule has 4 nitrogen and oxygen atoms in total. The minimum absolute atomic E-state index is 0.670. The third kappa shape index (κ3) is 2.98. The molecule has 1 aromatic carbocycles. The summed E-state index contributed by atoms with van der Waals surface area (Å²) in [5.74, 6) is 1.85. The summed E-state index contributed by atoms with van der Waals surface area (Å²) >= 11 is 5.77. The lowest BCUT2D eigenvalue weighted by atomic mass is 10.3. The second-order valence-electron chi connectivity index (χ2n) is 3.70. The SMILES string of the molecule is Cc1nnc(CNc2cc(Br)ccc2I)n1C. The first kappa shape index (κ1) is 12.8. The molecule has 0 aliphatic heterocycles. The number of benzene rings is 1. The molecule has 0 aliphatic carbocycles. The van der Waals surface area contributed by atoms with Crippen LogP contribution in [0.5, 0.6) is 0 Å². The van der Waals surface area contributed by atoms with Gasteiger partial charge in [0.1, 0.15) is 5.82 Å². The lowest BCUT2D eigenvalue weighted by Crippen LogP contribution is -2.07. The molecule has 0 aliphatic rings. The van der Waals surface area contributed by atoms with E-state index < -0.39 is 0 Å². The average Bonchev–Trinajstić information content (AvgIpc) is 2.62. The number of aryl methyl sites for hydroxylation is 1. The molecular weight excluding hydrogens is 395 g/mol. The second-order valence-corrected chi connectivity index (χ2v) is 5.78. The molecule has 0 spiro atoms. The van der Waals surface area contributed by atoms with Crippen molar-refractivity contribution in [3.63, 3.8) is 0 Å². The predicted molar refractivity (Wildman–Crippen MR) is 79.9 cm³/mol. The summed E-state index contributed by atoms with van der Waals surface area (Å²) in [6.07, 6.45) is 0. The van der Waals surface area contributed by atoms with Gasteiger partial charge in [-0.25, -0.2) is 0 Å². The molecule has 90 valence electrons. The van der Waals surface area contributed by atoms with Crippen LogP contribution in [0.25, 0.3) is 0 Å². The molecule has 0 atom stereocenters. The Morgan fingerprint density at radius 1 is 1.41 bits per heavy atom. The van der Waals surface area contributed by atoms with Crippen molar-refractivity contribution < 1.29 is 0 Å². The summed E-state index contributed by atoms with van der Waals surface area (Å²) < 4.78 is 4.23. The van der Waals surface area contributed by atoms with E-state index in [0.29, 0.717) is 6.54 Å².